The van der Waals surface area contributed by atoms with Crippen molar-refractivity contribution in [2.24, 2.45) is 11.8 Å². The zero-order valence-corrected chi connectivity index (χ0v) is 16.1. The molecule has 2 aliphatic rings. The quantitative estimate of drug-likeness (QED) is 0.377. The summed E-state index contributed by atoms with van der Waals surface area (Å²) in [5.74, 6) is 2.09. The van der Waals surface area contributed by atoms with Gasteiger partial charge in [-0.2, -0.15) is 0 Å². The maximum atomic E-state index is 2.81. The van der Waals surface area contributed by atoms with Crippen LogP contribution in [0.4, 0.5) is 0 Å². The van der Waals surface area contributed by atoms with Gasteiger partial charge in [-0.1, -0.05) is 6.92 Å². The van der Waals surface area contributed by atoms with E-state index in [4.69, 9.17) is 0 Å². The third-order valence-corrected chi connectivity index (χ3v) is 8.96. The monoisotopic (exact) mass is 394 g/mol. The first-order chi connectivity index (χ1) is 9.69. The van der Waals surface area contributed by atoms with Crippen LogP contribution in [-0.2, 0) is 0 Å². The molecule has 0 radical (unpaired) electrons. The van der Waals surface area contributed by atoms with Crippen molar-refractivity contribution in [3.05, 3.63) is 0 Å². The van der Waals surface area contributed by atoms with E-state index in [2.05, 4.69) is 24.8 Å². The summed E-state index contributed by atoms with van der Waals surface area (Å²) in [7, 11) is 0. The van der Waals surface area contributed by atoms with Gasteiger partial charge >= 0.3 is 127 Å². The Morgan fingerprint density at radius 1 is 0.850 bits per heavy atom. The maximum absolute atomic E-state index is 2.81. The normalized spacial score (nSPS) is 25.1. The predicted molar refractivity (Wildman–Crippen MR) is 98.9 cm³/mol. The average molecular weight is 394 g/mol. The van der Waals surface area contributed by atoms with Gasteiger partial charge in [-0.25, -0.2) is 0 Å². The molecule has 0 aliphatic carbocycles. The van der Waals surface area contributed by atoms with Crippen LogP contribution in [0, 0.1) is 11.8 Å². The first-order valence-corrected chi connectivity index (χ1v) is 13.9. The first-order valence-electron chi connectivity index (χ1n) is 8.66. The summed E-state index contributed by atoms with van der Waals surface area (Å²) in [5.41, 5.74) is 0. The molecule has 0 spiro atoms. The summed E-state index contributed by atoms with van der Waals surface area (Å²) in [6.07, 6.45) is 10.3. The van der Waals surface area contributed by atoms with Crippen LogP contribution >= 0.6 is 20.1 Å². The van der Waals surface area contributed by atoms with Crippen LogP contribution < -0.4 is 0 Å². The first kappa shape index (κ1) is 17.0. The molecule has 0 amide bonds. The molecule has 0 aromatic heterocycles. The van der Waals surface area contributed by atoms with E-state index in [-0.39, 0.29) is 0 Å². The molecule has 120 valence electrons. The van der Waals surface area contributed by atoms with E-state index in [1.807, 2.05) is 0 Å². The van der Waals surface area contributed by atoms with Crippen molar-refractivity contribution in [2.75, 3.05) is 42.6 Å². The van der Waals surface area contributed by atoms with Crippen molar-refractivity contribution in [3.8, 4) is 0 Å². The molecular weight excluding hydrogens is 359 g/mol. The number of nitrogens with zero attached hydrogens (tertiary/aromatic N) is 2. The van der Waals surface area contributed by atoms with E-state index >= 15 is 0 Å². The number of likely N-dealkylation sites (tertiary alicyclic amines) is 1. The minimum atomic E-state index is -0.675. The molecule has 2 heterocycles. The van der Waals surface area contributed by atoms with Crippen molar-refractivity contribution < 1.29 is 0 Å². The zero-order chi connectivity index (χ0) is 14.4. The van der Waals surface area contributed by atoms with Crippen LogP contribution in [-0.4, -0.2) is 50.6 Å². The van der Waals surface area contributed by atoms with E-state index in [1.54, 1.807) is 0 Å². The van der Waals surface area contributed by atoms with Crippen LogP contribution in [0.25, 0.3) is 0 Å². The second-order valence-electron chi connectivity index (χ2n) is 6.93. The van der Waals surface area contributed by atoms with Crippen LogP contribution in [0.3, 0.4) is 0 Å². The van der Waals surface area contributed by atoms with Crippen LogP contribution in [0.5, 0.6) is 0 Å². The van der Waals surface area contributed by atoms with Gasteiger partial charge in [0.15, 0.2) is 0 Å². The van der Waals surface area contributed by atoms with E-state index in [0.717, 1.165) is 11.8 Å². The van der Waals surface area contributed by atoms with Gasteiger partial charge in [0.25, 0.3) is 0 Å². The summed E-state index contributed by atoms with van der Waals surface area (Å²) in [6, 6.07) is 0. The predicted octanol–water partition coefficient (Wildman–Crippen LogP) is 4.28. The number of hydrogen-bond acceptors (Lipinski definition) is 2. The van der Waals surface area contributed by atoms with E-state index in [9.17, 15) is 0 Å². The minimum absolute atomic E-state index is 0.675. The Bertz CT molecular complexity index is 254. The molecule has 20 heavy (non-hydrogen) atoms. The van der Waals surface area contributed by atoms with Crippen molar-refractivity contribution in [2.45, 2.75) is 51.9 Å². The third kappa shape index (κ3) is 5.45. The van der Waals surface area contributed by atoms with Crippen molar-refractivity contribution >= 4 is 20.1 Å². The van der Waals surface area contributed by atoms with Gasteiger partial charge in [-0.3, -0.25) is 0 Å². The molecule has 0 aromatic carbocycles. The van der Waals surface area contributed by atoms with Gasteiger partial charge in [0.1, 0.15) is 0 Å². The van der Waals surface area contributed by atoms with Gasteiger partial charge < -0.3 is 0 Å². The van der Waals surface area contributed by atoms with Crippen LogP contribution in [0.2, 0.25) is 0 Å². The second-order valence-corrected chi connectivity index (χ2v) is 12.4. The van der Waals surface area contributed by atoms with Crippen molar-refractivity contribution in [3.63, 3.8) is 0 Å². The van der Waals surface area contributed by atoms with Gasteiger partial charge in [0, 0.05) is 0 Å². The van der Waals surface area contributed by atoms with Crippen molar-refractivity contribution in [1.82, 2.24) is 8.01 Å². The van der Waals surface area contributed by atoms with Gasteiger partial charge in [0.05, 0.1) is 0 Å². The molecule has 0 N–H and O–H groups in total. The number of piperidine rings is 2. The molecule has 0 aromatic rings. The van der Waals surface area contributed by atoms with Gasteiger partial charge in [-0.05, 0) is 0 Å². The van der Waals surface area contributed by atoms with E-state index in [1.165, 1.54) is 77.7 Å². The molecule has 2 nitrogen and oxygen atoms in total. The third-order valence-electron chi connectivity index (χ3n) is 5.27. The summed E-state index contributed by atoms with van der Waals surface area (Å²) >= 11 is -0.675. The molecule has 0 unspecified atom stereocenters. The summed E-state index contributed by atoms with van der Waals surface area (Å²) in [4.78, 5) is 7.66. The SMILES string of the molecule is CCCN1CCC(CCC2CCN(I(C)C)CC2)CC1. The Labute approximate surface area is 134 Å². The van der Waals surface area contributed by atoms with Gasteiger partial charge in [0.2, 0.25) is 0 Å². The molecule has 2 saturated heterocycles. The molecule has 3 heteroatoms. The number of rotatable bonds is 6. The Morgan fingerprint density at radius 2 is 1.35 bits per heavy atom. The number of alkyl halides is 2. The molecule has 0 atom stereocenters. The molecule has 2 rings (SSSR count). The summed E-state index contributed by atoms with van der Waals surface area (Å²) in [5, 5.41) is 0. The standard InChI is InChI=1S/C17H35IN2/c1-4-11-19-12-7-16(8-13-19)5-6-17-9-14-20(15-10-17)18(2)3/h16-17H,4-15H2,1-3H3. The number of halogens is 1. The fourth-order valence-corrected chi connectivity index (χ4v) is 6.30. The fourth-order valence-electron chi connectivity index (χ4n) is 3.81. The zero-order valence-electron chi connectivity index (χ0n) is 13.9. The molecular formula is C17H35IN2. The van der Waals surface area contributed by atoms with Gasteiger partial charge in [-0.15, -0.1) is 0 Å². The Balaban J connectivity index is 1.58. The molecule has 2 fully saturated rings. The molecule has 2 aliphatic heterocycles. The molecule has 0 bridgehead atoms. The number of hydrogen-bond donors (Lipinski definition) is 0. The fraction of sp³-hybridized carbons (Fsp3) is 1.00. The summed E-state index contributed by atoms with van der Waals surface area (Å²) in [6.45, 7) is 9.20. The second kappa shape index (κ2) is 8.94. The van der Waals surface area contributed by atoms with Crippen LogP contribution in [0.1, 0.15) is 51.9 Å². The summed E-state index contributed by atoms with van der Waals surface area (Å²) < 4.78 is 2.81. The Hall–Kier alpha value is 0.650. The van der Waals surface area contributed by atoms with E-state index < -0.39 is 20.1 Å². The van der Waals surface area contributed by atoms with Crippen molar-refractivity contribution in [1.29, 1.82) is 0 Å². The van der Waals surface area contributed by atoms with E-state index in [0.29, 0.717) is 0 Å². The Morgan fingerprint density at radius 3 is 1.80 bits per heavy atom. The Kier molecular flexibility index (Phi) is 7.60. The molecule has 0 saturated carbocycles. The topological polar surface area (TPSA) is 6.48 Å². The van der Waals surface area contributed by atoms with Crippen LogP contribution in [0.15, 0.2) is 0 Å². The average Bonchev–Trinajstić information content (AvgIpc) is 2.47.